The molecule has 18 heavy (non-hydrogen) atoms. The number of carbonyl (C=O) groups is 2. The maximum absolute atomic E-state index is 11.3. The van der Waals surface area contributed by atoms with Crippen molar-refractivity contribution in [3.8, 4) is 0 Å². The number of benzene rings is 1. The molecule has 0 radical (unpaired) electrons. The Bertz CT molecular complexity index is 488. The van der Waals surface area contributed by atoms with Crippen molar-refractivity contribution in [3.63, 3.8) is 0 Å². The number of hydrogen-bond acceptors (Lipinski definition) is 4. The van der Waals surface area contributed by atoms with Crippen molar-refractivity contribution in [2.45, 2.75) is 10.8 Å². The largest absolute Gasteiger partial charge is 0.294 e. The highest BCUT2D eigenvalue weighted by Crippen LogP contribution is 2.39. The van der Waals surface area contributed by atoms with Crippen molar-refractivity contribution in [2.75, 3.05) is 25.4 Å². The summed E-state index contributed by atoms with van der Waals surface area (Å²) in [7, 11) is 0. The molecule has 2 heterocycles. The van der Waals surface area contributed by atoms with Gasteiger partial charge in [-0.2, -0.15) is 0 Å². The lowest BCUT2D eigenvalue weighted by atomic mass is 10.0. The van der Waals surface area contributed by atoms with Gasteiger partial charge in [0.2, 0.25) is 11.8 Å². The van der Waals surface area contributed by atoms with Crippen LogP contribution in [0.1, 0.15) is 11.5 Å². The molecule has 1 atom stereocenters. The topological polar surface area (TPSA) is 49.4 Å². The first-order valence-corrected chi connectivity index (χ1v) is 6.97. The molecule has 0 aliphatic carbocycles. The molecular formula is C13H14N2O2S. The molecule has 94 valence electrons. The molecule has 2 aliphatic rings. The van der Waals surface area contributed by atoms with Gasteiger partial charge < -0.3 is 0 Å². The zero-order chi connectivity index (χ0) is 12.5. The highest BCUT2D eigenvalue weighted by molar-refractivity contribution is 7.99. The lowest BCUT2D eigenvalue weighted by Crippen LogP contribution is -2.52. The summed E-state index contributed by atoms with van der Waals surface area (Å²) in [6.45, 7) is 1.44. The number of rotatable bonds is 2. The predicted octanol–water partition coefficient (Wildman–Crippen LogP) is 0.834. The van der Waals surface area contributed by atoms with Gasteiger partial charge in [-0.15, -0.1) is 11.8 Å². The second-order valence-corrected chi connectivity index (χ2v) is 5.75. The van der Waals surface area contributed by atoms with Crippen LogP contribution in [0.2, 0.25) is 0 Å². The Kier molecular flexibility index (Phi) is 3.09. The zero-order valence-electron chi connectivity index (χ0n) is 9.89. The summed E-state index contributed by atoms with van der Waals surface area (Å²) >= 11 is 1.85. The molecule has 1 saturated heterocycles. The van der Waals surface area contributed by atoms with Crippen molar-refractivity contribution < 1.29 is 9.59 Å². The van der Waals surface area contributed by atoms with Crippen LogP contribution in [0.5, 0.6) is 0 Å². The first-order valence-electron chi connectivity index (χ1n) is 5.99. The van der Waals surface area contributed by atoms with Gasteiger partial charge in [0.05, 0.1) is 13.1 Å². The highest BCUT2D eigenvalue weighted by atomic mass is 32.2. The normalized spacial score (nSPS) is 23.9. The Hall–Kier alpha value is -1.33. The van der Waals surface area contributed by atoms with Crippen molar-refractivity contribution >= 4 is 23.6 Å². The smallest absolute Gasteiger partial charge is 0.240 e. The molecule has 2 amide bonds. The average molecular weight is 262 g/mol. The molecule has 0 spiro atoms. The van der Waals surface area contributed by atoms with Crippen molar-refractivity contribution in [1.82, 2.24) is 10.2 Å². The molecule has 1 unspecified atom stereocenters. The van der Waals surface area contributed by atoms with Crippen molar-refractivity contribution in [2.24, 2.45) is 0 Å². The van der Waals surface area contributed by atoms with E-state index in [-0.39, 0.29) is 11.8 Å². The fourth-order valence-corrected chi connectivity index (χ4v) is 3.76. The van der Waals surface area contributed by atoms with Crippen LogP contribution in [0.25, 0.3) is 0 Å². The third-order valence-corrected chi connectivity index (χ3v) is 4.54. The van der Waals surface area contributed by atoms with Crippen LogP contribution in [0.3, 0.4) is 0 Å². The molecule has 0 bridgehead atoms. The monoisotopic (exact) mass is 262 g/mol. The standard InChI is InChI=1S/C13H14N2O2S/c16-12-6-15(7-13(17)14-12)5-9-8-18-11-4-2-1-3-10(9)11/h1-4,9H,5-8H2,(H,14,16,17). The van der Waals surface area contributed by atoms with Crippen LogP contribution in [0.15, 0.2) is 29.2 Å². The van der Waals surface area contributed by atoms with Crippen LogP contribution in [-0.4, -0.2) is 42.1 Å². The molecule has 5 heteroatoms. The lowest BCUT2D eigenvalue weighted by molar-refractivity contribution is -0.136. The first kappa shape index (κ1) is 11.7. The number of nitrogens with one attached hydrogen (secondary N) is 1. The molecule has 0 saturated carbocycles. The third-order valence-electron chi connectivity index (χ3n) is 3.29. The average Bonchev–Trinajstić information content (AvgIpc) is 2.72. The number of imide groups is 1. The van der Waals surface area contributed by atoms with Crippen LogP contribution < -0.4 is 5.32 Å². The maximum Gasteiger partial charge on any atom is 0.240 e. The predicted molar refractivity (Wildman–Crippen MR) is 69.5 cm³/mol. The van der Waals surface area contributed by atoms with E-state index in [1.165, 1.54) is 10.5 Å². The zero-order valence-corrected chi connectivity index (χ0v) is 10.7. The second kappa shape index (κ2) is 4.74. The minimum absolute atomic E-state index is 0.190. The summed E-state index contributed by atoms with van der Waals surface area (Å²) in [6.07, 6.45) is 0. The molecule has 0 aromatic heterocycles. The number of fused-ring (bicyclic) bond motifs is 1. The van der Waals surface area contributed by atoms with Crippen LogP contribution >= 0.6 is 11.8 Å². The van der Waals surface area contributed by atoms with E-state index in [0.29, 0.717) is 19.0 Å². The Labute approximate surface area is 110 Å². The lowest BCUT2D eigenvalue weighted by Gasteiger charge is -2.27. The summed E-state index contributed by atoms with van der Waals surface area (Å²) in [6, 6.07) is 8.37. The van der Waals surface area contributed by atoms with Crippen LogP contribution in [0, 0.1) is 0 Å². The summed E-state index contributed by atoms with van der Waals surface area (Å²) in [4.78, 5) is 25.9. The summed E-state index contributed by atoms with van der Waals surface area (Å²) in [5.41, 5.74) is 1.35. The molecule has 1 aromatic carbocycles. The summed E-state index contributed by atoms with van der Waals surface area (Å²) < 4.78 is 0. The number of carbonyl (C=O) groups excluding carboxylic acids is 2. The van der Waals surface area contributed by atoms with E-state index >= 15 is 0 Å². The number of nitrogens with zero attached hydrogens (tertiary/aromatic N) is 1. The second-order valence-electron chi connectivity index (χ2n) is 4.69. The van der Waals surface area contributed by atoms with Gasteiger partial charge in [0.1, 0.15) is 0 Å². The Morgan fingerprint density at radius 3 is 2.72 bits per heavy atom. The minimum atomic E-state index is -0.190. The fraction of sp³-hybridized carbons (Fsp3) is 0.385. The molecule has 4 nitrogen and oxygen atoms in total. The van der Waals surface area contributed by atoms with Gasteiger partial charge in [-0.1, -0.05) is 18.2 Å². The van der Waals surface area contributed by atoms with Gasteiger partial charge >= 0.3 is 0 Å². The van der Waals surface area contributed by atoms with Gasteiger partial charge in [-0.25, -0.2) is 0 Å². The number of thioether (sulfide) groups is 1. The van der Waals surface area contributed by atoms with Gasteiger partial charge in [-0.3, -0.25) is 19.8 Å². The van der Waals surface area contributed by atoms with Crippen LogP contribution in [-0.2, 0) is 9.59 Å². The number of piperazine rings is 1. The molecule has 1 fully saturated rings. The summed E-state index contributed by atoms with van der Waals surface area (Å²) in [5, 5.41) is 2.33. The van der Waals surface area contributed by atoms with E-state index in [2.05, 4.69) is 17.4 Å². The third kappa shape index (κ3) is 2.28. The number of hydrogen-bond donors (Lipinski definition) is 1. The van der Waals surface area contributed by atoms with E-state index in [1.54, 1.807) is 0 Å². The highest BCUT2D eigenvalue weighted by Gasteiger charge is 2.28. The number of amides is 2. The van der Waals surface area contributed by atoms with E-state index < -0.39 is 0 Å². The molecule has 2 aliphatic heterocycles. The molecule has 1 aromatic rings. The van der Waals surface area contributed by atoms with Crippen molar-refractivity contribution in [1.29, 1.82) is 0 Å². The minimum Gasteiger partial charge on any atom is -0.294 e. The van der Waals surface area contributed by atoms with E-state index in [0.717, 1.165) is 12.3 Å². The van der Waals surface area contributed by atoms with E-state index in [4.69, 9.17) is 0 Å². The molecule has 3 rings (SSSR count). The maximum atomic E-state index is 11.3. The van der Waals surface area contributed by atoms with Gasteiger partial charge in [0.25, 0.3) is 0 Å². The Morgan fingerprint density at radius 2 is 1.94 bits per heavy atom. The van der Waals surface area contributed by atoms with E-state index in [1.807, 2.05) is 28.8 Å². The first-order chi connectivity index (χ1) is 8.72. The van der Waals surface area contributed by atoms with Gasteiger partial charge in [0.15, 0.2) is 0 Å². The Balaban J connectivity index is 1.71. The SMILES string of the molecule is O=C1CN(CC2CSc3ccccc32)CC(=O)N1. The van der Waals surface area contributed by atoms with Gasteiger partial charge in [-0.05, 0) is 11.6 Å². The van der Waals surface area contributed by atoms with Crippen molar-refractivity contribution in [3.05, 3.63) is 29.8 Å². The Morgan fingerprint density at radius 1 is 1.22 bits per heavy atom. The fourth-order valence-electron chi connectivity index (χ4n) is 2.52. The van der Waals surface area contributed by atoms with Gasteiger partial charge in [0, 0.05) is 23.1 Å². The van der Waals surface area contributed by atoms with E-state index in [9.17, 15) is 9.59 Å². The van der Waals surface area contributed by atoms with Crippen LogP contribution in [0.4, 0.5) is 0 Å². The molecule has 1 N–H and O–H groups in total. The summed E-state index contributed by atoms with van der Waals surface area (Å²) in [5.74, 6) is 1.08. The quantitative estimate of drug-likeness (QED) is 0.802. The molecular weight excluding hydrogens is 248 g/mol.